The first-order valence-electron chi connectivity index (χ1n) is 4.29. The smallest absolute Gasteiger partial charge is 0.123 e. The van der Waals surface area contributed by atoms with Gasteiger partial charge in [0.2, 0.25) is 0 Å². The Balaban J connectivity index is 2.70. The van der Waals surface area contributed by atoms with E-state index in [0.717, 1.165) is 22.9 Å². The lowest BCUT2D eigenvalue weighted by atomic mass is 10.1. The number of aryl methyl sites for hydroxylation is 1. The zero-order valence-corrected chi connectivity index (χ0v) is 9.14. The van der Waals surface area contributed by atoms with Crippen molar-refractivity contribution in [3.63, 3.8) is 0 Å². The van der Waals surface area contributed by atoms with E-state index in [4.69, 9.17) is 5.73 Å². The van der Waals surface area contributed by atoms with Crippen molar-refractivity contribution in [2.75, 3.05) is 0 Å². The number of halogens is 2. The van der Waals surface area contributed by atoms with Gasteiger partial charge < -0.3 is 5.73 Å². The highest BCUT2D eigenvalue weighted by molar-refractivity contribution is 9.10. The Kier molecular flexibility index (Phi) is 3.88. The molecule has 13 heavy (non-hydrogen) atoms. The summed E-state index contributed by atoms with van der Waals surface area (Å²) in [4.78, 5) is 0. The minimum atomic E-state index is -0.192. The molecule has 0 unspecified atom stereocenters. The van der Waals surface area contributed by atoms with Gasteiger partial charge in [-0.3, -0.25) is 0 Å². The molecule has 0 aromatic heterocycles. The monoisotopic (exact) mass is 245 g/mol. The summed E-state index contributed by atoms with van der Waals surface area (Å²) < 4.78 is 13.8. The van der Waals surface area contributed by atoms with Crippen molar-refractivity contribution in [3.05, 3.63) is 34.1 Å². The maximum absolute atomic E-state index is 12.8. The van der Waals surface area contributed by atoms with E-state index in [-0.39, 0.29) is 11.9 Å². The average molecular weight is 246 g/mol. The van der Waals surface area contributed by atoms with Crippen molar-refractivity contribution in [1.29, 1.82) is 0 Å². The van der Waals surface area contributed by atoms with E-state index in [1.165, 1.54) is 6.07 Å². The molecule has 0 aliphatic rings. The van der Waals surface area contributed by atoms with Gasteiger partial charge in [0.05, 0.1) is 0 Å². The van der Waals surface area contributed by atoms with Crippen molar-refractivity contribution < 1.29 is 4.39 Å². The van der Waals surface area contributed by atoms with Crippen LogP contribution in [0.4, 0.5) is 4.39 Å². The summed E-state index contributed by atoms with van der Waals surface area (Å²) in [6.45, 7) is 1.95. The van der Waals surface area contributed by atoms with Crippen LogP contribution in [0.1, 0.15) is 18.9 Å². The third kappa shape index (κ3) is 3.44. The van der Waals surface area contributed by atoms with E-state index in [2.05, 4.69) is 15.9 Å². The molecule has 3 heteroatoms. The van der Waals surface area contributed by atoms with Gasteiger partial charge in [-0.05, 0) is 43.5 Å². The summed E-state index contributed by atoms with van der Waals surface area (Å²) in [6, 6.07) is 4.88. The van der Waals surface area contributed by atoms with Crippen molar-refractivity contribution in [3.8, 4) is 0 Å². The molecule has 1 nitrogen and oxygen atoms in total. The fourth-order valence-electron chi connectivity index (χ4n) is 1.12. The van der Waals surface area contributed by atoms with Crippen LogP contribution in [0.5, 0.6) is 0 Å². The number of hydrogen-bond acceptors (Lipinski definition) is 1. The molecular weight excluding hydrogens is 233 g/mol. The summed E-state index contributed by atoms with van der Waals surface area (Å²) in [7, 11) is 0. The Bertz CT molecular complexity index is 286. The second-order valence-electron chi connectivity index (χ2n) is 3.25. The molecule has 1 aromatic carbocycles. The van der Waals surface area contributed by atoms with Gasteiger partial charge in [-0.15, -0.1) is 0 Å². The molecule has 2 N–H and O–H groups in total. The molecule has 1 atom stereocenters. The highest BCUT2D eigenvalue weighted by atomic mass is 79.9. The van der Waals surface area contributed by atoms with Crippen LogP contribution in [0.15, 0.2) is 22.7 Å². The Morgan fingerprint density at radius 2 is 2.23 bits per heavy atom. The second kappa shape index (κ2) is 4.72. The number of benzene rings is 1. The topological polar surface area (TPSA) is 26.0 Å². The van der Waals surface area contributed by atoms with Crippen molar-refractivity contribution in [2.24, 2.45) is 5.73 Å². The summed E-state index contributed by atoms with van der Waals surface area (Å²) in [5.74, 6) is -0.192. The molecule has 0 saturated heterocycles. The molecule has 0 fully saturated rings. The molecule has 1 rings (SSSR count). The first-order valence-corrected chi connectivity index (χ1v) is 5.08. The second-order valence-corrected chi connectivity index (χ2v) is 4.11. The molecular formula is C10H13BrFN. The maximum atomic E-state index is 12.8. The zero-order valence-electron chi connectivity index (χ0n) is 7.56. The minimum Gasteiger partial charge on any atom is -0.328 e. The predicted octanol–water partition coefficient (Wildman–Crippen LogP) is 2.87. The van der Waals surface area contributed by atoms with Gasteiger partial charge in [0.15, 0.2) is 0 Å². The van der Waals surface area contributed by atoms with Crippen molar-refractivity contribution in [1.82, 2.24) is 0 Å². The van der Waals surface area contributed by atoms with E-state index >= 15 is 0 Å². The van der Waals surface area contributed by atoms with Gasteiger partial charge in [-0.25, -0.2) is 4.39 Å². The lowest BCUT2D eigenvalue weighted by Gasteiger charge is -2.06. The molecule has 0 bridgehead atoms. The summed E-state index contributed by atoms with van der Waals surface area (Å²) >= 11 is 3.37. The van der Waals surface area contributed by atoms with Gasteiger partial charge in [-0.1, -0.05) is 15.9 Å². The Morgan fingerprint density at radius 3 is 2.85 bits per heavy atom. The normalized spacial score (nSPS) is 12.9. The van der Waals surface area contributed by atoms with Gasteiger partial charge in [0.1, 0.15) is 5.82 Å². The fourth-order valence-corrected chi connectivity index (χ4v) is 1.56. The van der Waals surface area contributed by atoms with E-state index in [9.17, 15) is 4.39 Å². The van der Waals surface area contributed by atoms with Crippen LogP contribution in [-0.2, 0) is 6.42 Å². The third-order valence-corrected chi connectivity index (χ3v) is 2.65. The first kappa shape index (κ1) is 10.7. The molecule has 0 aliphatic carbocycles. The van der Waals surface area contributed by atoms with Crippen LogP contribution in [0.2, 0.25) is 0 Å². The van der Waals surface area contributed by atoms with Crippen molar-refractivity contribution >= 4 is 15.9 Å². The number of hydrogen-bond donors (Lipinski definition) is 1. The Morgan fingerprint density at radius 1 is 1.54 bits per heavy atom. The van der Waals surface area contributed by atoms with E-state index in [0.29, 0.717) is 0 Å². The largest absolute Gasteiger partial charge is 0.328 e. The lowest BCUT2D eigenvalue weighted by molar-refractivity contribution is 0.619. The summed E-state index contributed by atoms with van der Waals surface area (Å²) in [6.07, 6.45) is 1.69. The average Bonchev–Trinajstić information content (AvgIpc) is 2.06. The summed E-state index contributed by atoms with van der Waals surface area (Å²) in [5, 5.41) is 0. The SMILES string of the molecule is C[C@H](N)CCc1cc(F)ccc1Br. The van der Waals surface area contributed by atoms with Crippen LogP contribution in [0.3, 0.4) is 0 Å². The quantitative estimate of drug-likeness (QED) is 0.871. The lowest BCUT2D eigenvalue weighted by Crippen LogP contribution is -2.15. The maximum Gasteiger partial charge on any atom is 0.123 e. The fraction of sp³-hybridized carbons (Fsp3) is 0.400. The Hall–Kier alpha value is -0.410. The highest BCUT2D eigenvalue weighted by Gasteiger charge is 2.02. The standard InChI is InChI=1S/C10H13BrFN/c1-7(13)2-3-8-6-9(12)4-5-10(8)11/h4-7H,2-3,13H2,1H3/t7-/m0/s1. The first-order chi connectivity index (χ1) is 6.09. The van der Waals surface area contributed by atoms with Gasteiger partial charge in [0.25, 0.3) is 0 Å². The third-order valence-electron chi connectivity index (χ3n) is 1.88. The molecule has 0 saturated carbocycles. The van der Waals surface area contributed by atoms with Crippen LogP contribution >= 0.6 is 15.9 Å². The number of rotatable bonds is 3. The zero-order chi connectivity index (χ0) is 9.84. The van der Waals surface area contributed by atoms with Crippen LogP contribution in [0.25, 0.3) is 0 Å². The molecule has 0 aliphatic heterocycles. The van der Waals surface area contributed by atoms with Crippen LogP contribution in [-0.4, -0.2) is 6.04 Å². The minimum absolute atomic E-state index is 0.162. The van der Waals surface area contributed by atoms with E-state index in [1.807, 2.05) is 6.92 Å². The van der Waals surface area contributed by atoms with Crippen LogP contribution in [0, 0.1) is 5.82 Å². The van der Waals surface area contributed by atoms with Crippen molar-refractivity contribution in [2.45, 2.75) is 25.8 Å². The molecule has 0 radical (unpaired) electrons. The molecule has 0 spiro atoms. The predicted molar refractivity (Wildman–Crippen MR) is 56.1 cm³/mol. The van der Waals surface area contributed by atoms with Crippen LogP contribution < -0.4 is 5.73 Å². The molecule has 1 aromatic rings. The van der Waals surface area contributed by atoms with Gasteiger partial charge in [0, 0.05) is 10.5 Å². The van der Waals surface area contributed by atoms with Gasteiger partial charge in [-0.2, -0.15) is 0 Å². The van der Waals surface area contributed by atoms with Gasteiger partial charge >= 0.3 is 0 Å². The molecule has 72 valence electrons. The van der Waals surface area contributed by atoms with E-state index in [1.54, 1.807) is 12.1 Å². The Labute approximate surface area is 86.3 Å². The summed E-state index contributed by atoms with van der Waals surface area (Å²) in [5.41, 5.74) is 6.60. The molecule has 0 heterocycles. The van der Waals surface area contributed by atoms with E-state index < -0.39 is 0 Å². The molecule has 0 amide bonds. The highest BCUT2D eigenvalue weighted by Crippen LogP contribution is 2.19. The number of nitrogens with two attached hydrogens (primary N) is 1.